The van der Waals surface area contributed by atoms with Crippen LogP contribution in [-0.2, 0) is 20.4 Å². The van der Waals surface area contributed by atoms with E-state index in [9.17, 15) is 9.59 Å². The molecule has 4 rings (SSSR count). The molecule has 0 aliphatic carbocycles. The van der Waals surface area contributed by atoms with Crippen molar-refractivity contribution in [2.75, 3.05) is 22.9 Å². The summed E-state index contributed by atoms with van der Waals surface area (Å²) < 4.78 is 0. The molecule has 2 aliphatic rings. The third-order valence-corrected chi connectivity index (χ3v) is 6.82. The topological polar surface area (TPSA) is 40.6 Å². The molecule has 4 nitrogen and oxygen atoms in total. The molecule has 0 radical (unpaired) electrons. The van der Waals surface area contributed by atoms with E-state index in [-0.39, 0.29) is 24.9 Å². The number of hydrogen-bond donors (Lipinski definition) is 0. The minimum atomic E-state index is -1.05. The van der Waals surface area contributed by atoms with E-state index in [1.165, 1.54) is 0 Å². The lowest BCUT2D eigenvalue weighted by Crippen LogP contribution is -2.59. The molecule has 150 valence electrons. The average molecular weight is 396 g/mol. The van der Waals surface area contributed by atoms with E-state index in [0.29, 0.717) is 12.8 Å². The molecule has 0 N–H and O–H groups in total. The maximum atomic E-state index is 14.1. The number of hydrogen-bond acceptors (Lipinski definition) is 2. The van der Waals surface area contributed by atoms with E-state index >= 15 is 0 Å². The Labute approximate surface area is 177 Å². The molecule has 2 atom stereocenters. The average Bonchev–Trinajstić information content (AvgIpc) is 3.16. The Balaban J connectivity index is 2.08. The molecule has 30 heavy (non-hydrogen) atoms. The second-order valence-corrected chi connectivity index (χ2v) is 7.74. The largest absolute Gasteiger partial charge is 0.300 e. The number of benzene rings is 2. The summed E-state index contributed by atoms with van der Waals surface area (Å²) in [5.41, 5.74) is 1.20. The van der Waals surface area contributed by atoms with E-state index in [2.05, 4.69) is 11.8 Å². The zero-order valence-electron chi connectivity index (χ0n) is 17.3. The van der Waals surface area contributed by atoms with Crippen molar-refractivity contribution in [2.24, 2.45) is 0 Å². The first-order chi connectivity index (χ1) is 14.5. The summed E-state index contributed by atoms with van der Waals surface area (Å²) in [7, 11) is 0. The van der Waals surface area contributed by atoms with Crippen LogP contribution in [0, 0.1) is 24.7 Å². The number of amides is 2. The molecule has 2 aromatic rings. The summed E-state index contributed by atoms with van der Waals surface area (Å²) in [4.78, 5) is 31.5. The number of anilines is 2. The first-order valence-electron chi connectivity index (χ1n) is 10.2. The van der Waals surface area contributed by atoms with Gasteiger partial charge in [0.05, 0.1) is 23.9 Å². The smallest absolute Gasteiger partial charge is 0.240 e. The number of para-hydroxylation sites is 2. The van der Waals surface area contributed by atoms with Crippen LogP contribution in [0.25, 0.3) is 0 Å². The number of carbonyl (C=O) groups is 2. The van der Waals surface area contributed by atoms with Gasteiger partial charge in [0.25, 0.3) is 0 Å². The van der Waals surface area contributed by atoms with E-state index in [0.717, 1.165) is 22.5 Å². The number of terminal acetylenes is 2. The second kappa shape index (κ2) is 7.08. The van der Waals surface area contributed by atoms with E-state index in [4.69, 9.17) is 12.8 Å². The van der Waals surface area contributed by atoms with Gasteiger partial charge in [-0.1, -0.05) is 62.1 Å². The SMILES string of the molecule is C#CCN1C(=O)C(CC)(C2(CC)C(=O)N(CC#C)c3ccccc32)c2ccccc21. The van der Waals surface area contributed by atoms with Crippen molar-refractivity contribution >= 4 is 23.2 Å². The summed E-state index contributed by atoms with van der Waals surface area (Å²) in [5, 5.41) is 0. The Morgan fingerprint density at radius 3 is 1.43 bits per heavy atom. The van der Waals surface area contributed by atoms with E-state index < -0.39 is 10.8 Å². The third-order valence-electron chi connectivity index (χ3n) is 6.82. The van der Waals surface area contributed by atoms with Crippen LogP contribution in [0.1, 0.15) is 37.8 Å². The van der Waals surface area contributed by atoms with Crippen molar-refractivity contribution in [3.05, 3.63) is 59.7 Å². The normalized spacial score (nSPS) is 24.4. The summed E-state index contributed by atoms with van der Waals surface area (Å²) >= 11 is 0. The predicted molar refractivity (Wildman–Crippen MR) is 119 cm³/mol. The number of rotatable bonds is 5. The van der Waals surface area contributed by atoms with Crippen LogP contribution >= 0.6 is 0 Å². The molecule has 2 unspecified atom stereocenters. The molecule has 4 heteroatoms. The van der Waals surface area contributed by atoms with Crippen molar-refractivity contribution in [2.45, 2.75) is 37.5 Å². The highest BCUT2D eigenvalue weighted by Crippen LogP contribution is 2.61. The van der Waals surface area contributed by atoms with Gasteiger partial charge in [0, 0.05) is 11.4 Å². The van der Waals surface area contributed by atoms with Crippen LogP contribution in [0.2, 0.25) is 0 Å². The standard InChI is InChI=1S/C26H24N2O2/c1-5-17-27-21-15-11-9-13-19(21)25(7-3,23(27)29)26(8-4)20-14-10-12-16-22(20)28(18-6-2)24(26)30/h1-2,9-16H,7-8,17-18H2,3-4H3. The van der Waals surface area contributed by atoms with Gasteiger partial charge < -0.3 is 0 Å². The first kappa shape index (κ1) is 19.8. The van der Waals surface area contributed by atoms with Gasteiger partial charge in [0.1, 0.15) is 0 Å². The van der Waals surface area contributed by atoms with Crippen LogP contribution < -0.4 is 9.80 Å². The van der Waals surface area contributed by atoms with Gasteiger partial charge >= 0.3 is 0 Å². The Morgan fingerprint density at radius 2 is 1.10 bits per heavy atom. The zero-order chi connectivity index (χ0) is 21.5. The second-order valence-electron chi connectivity index (χ2n) is 7.74. The summed E-state index contributed by atoms with van der Waals surface area (Å²) in [6.07, 6.45) is 12.1. The Morgan fingerprint density at radius 1 is 0.733 bits per heavy atom. The highest BCUT2D eigenvalue weighted by atomic mass is 16.2. The van der Waals surface area contributed by atoms with Crippen LogP contribution in [0.3, 0.4) is 0 Å². The molecule has 0 bridgehead atoms. The van der Waals surface area contributed by atoms with Gasteiger partial charge in [-0.15, -0.1) is 12.8 Å². The van der Waals surface area contributed by atoms with Crippen molar-refractivity contribution in [3.63, 3.8) is 0 Å². The van der Waals surface area contributed by atoms with Gasteiger partial charge in [-0.05, 0) is 36.1 Å². The molecule has 0 saturated carbocycles. The summed E-state index contributed by atoms with van der Waals surface area (Å²) in [5.74, 6) is 4.98. The lowest BCUT2D eigenvalue weighted by molar-refractivity contribution is -0.135. The summed E-state index contributed by atoms with van der Waals surface area (Å²) in [6, 6.07) is 15.4. The fraction of sp³-hybridized carbons (Fsp3) is 0.308. The minimum absolute atomic E-state index is 0.114. The molecule has 0 fully saturated rings. The van der Waals surface area contributed by atoms with Crippen LogP contribution in [-0.4, -0.2) is 24.9 Å². The van der Waals surface area contributed by atoms with Crippen molar-refractivity contribution in [3.8, 4) is 24.7 Å². The van der Waals surface area contributed by atoms with Crippen LogP contribution in [0.15, 0.2) is 48.5 Å². The van der Waals surface area contributed by atoms with Gasteiger partial charge in [0.2, 0.25) is 11.8 Å². The Bertz CT molecular complexity index is 1030. The van der Waals surface area contributed by atoms with Crippen molar-refractivity contribution < 1.29 is 9.59 Å². The molecule has 2 amide bonds. The minimum Gasteiger partial charge on any atom is -0.300 e. The number of carbonyl (C=O) groups excluding carboxylic acids is 2. The van der Waals surface area contributed by atoms with Gasteiger partial charge in [-0.25, -0.2) is 0 Å². The molecular formula is C26H24N2O2. The molecule has 2 aromatic carbocycles. The van der Waals surface area contributed by atoms with E-state index in [1.54, 1.807) is 9.80 Å². The fourth-order valence-corrected chi connectivity index (χ4v) is 5.66. The van der Waals surface area contributed by atoms with Crippen molar-refractivity contribution in [1.29, 1.82) is 0 Å². The maximum Gasteiger partial charge on any atom is 0.240 e. The Kier molecular flexibility index (Phi) is 4.67. The van der Waals surface area contributed by atoms with Gasteiger partial charge in [-0.2, -0.15) is 0 Å². The van der Waals surface area contributed by atoms with Gasteiger partial charge in [0.15, 0.2) is 0 Å². The molecule has 2 heterocycles. The van der Waals surface area contributed by atoms with Gasteiger partial charge in [-0.3, -0.25) is 19.4 Å². The molecule has 2 aliphatic heterocycles. The monoisotopic (exact) mass is 396 g/mol. The number of nitrogens with zero attached hydrogens (tertiary/aromatic N) is 2. The summed E-state index contributed by atoms with van der Waals surface area (Å²) in [6.45, 7) is 4.29. The lowest BCUT2D eigenvalue weighted by atomic mass is 9.55. The zero-order valence-corrected chi connectivity index (χ0v) is 17.3. The quantitative estimate of drug-likeness (QED) is 0.724. The molecule has 0 aromatic heterocycles. The van der Waals surface area contributed by atoms with E-state index in [1.807, 2.05) is 62.4 Å². The van der Waals surface area contributed by atoms with Crippen LogP contribution in [0.4, 0.5) is 11.4 Å². The third kappa shape index (κ3) is 2.14. The number of fused-ring (bicyclic) bond motifs is 2. The molecule has 0 saturated heterocycles. The van der Waals surface area contributed by atoms with Crippen molar-refractivity contribution in [1.82, 2.24) is 0 Å². The highest BCUT2D eigenvalue weighted by molar-refractivity contribution is 6.19. The fourth-order valence-electron chi connectivity index (χ4n) is 5.66. The lowest BCUT2D eigenvalue weighted by Gasteiger charge is -2.43. The van der Waals surface area contributed by atoms with Crippen LogP contribution in [0.5, 0.6) is 0 Å². The molecular weight excluding hydrogens is 372 g/mol. The first-order valence-corrected chi connectivity index (χ1v) is 10.2. The highest BCUT2D eigenvalue weighted by Gasteiger charge is 2.68. The predicted octanol–water partition coefficient (Wildman–Crippen LogP) is 3.64. The maximum absolute atomic E-state index is 14.1. The Hall–Kier alpha value is -3.50. The molecule has 0 spiro atoms.